The second-order valence-corrected chi connectivity index (χ2v) is 10.1. The Bertz CT molecular complexity index is 1130. The molecule has 0 heterocycles. The van der Waals surface area contributed by atoms with Crippen molar-refractivity contribution in [3.05, 3.63) is 35.9 Å². The summed E-state index contributed by atoms with van der Waals surface area (Å²) in [5.41, 5.74) is 22.0. The molecule has 1 aromatic rings. The third-order valence-corrected chi connectivity index (χ3v) is 6.16. The van der Waals surface area contributed by atoms with Crippen LogP contribution in [0.5, 0.6) is 0 Å². The van der Waals surface area contributed by atoms with Gasteiger partial charge in [-0.1, -0.05) is 44.2 Å². The van der Waals surface area contributed by atoms with E-state index in [-0.39, 0.29) is 75.5 Å². The summed E-state index contributed by atoms with van der Waals surface area (Å²) in [5.74, 6) is -3.17. The molecule has 18 heteroatoms. The highest BCUT2D eigenvalue weighted by atomic mass is 35.5. The first kappa shape index (κ1) is 42.8. The average molecular weight is 678 g/mol. The molecule has 0 saturated carbocycles. The number of guanidine groups is 2. The molecule has 0 aliphatic carbocycles. The molecule has 1 rings (SSSR count). The van der Waals surface area contributed by atoms with E-state index in [0.29, 0.717) is 18.3 Å². The van der Waals surface area contributed by atoms with E-state index in [1.165, 1.54) is 0 Å². The van der Waals surface area contributed by atoms with Gasteiger partial charge in [0.2, 0.25) is 11.8 Å². The predicted octanol–water partition coefficient (Wildman–Crippen LogP) is -0.875. The second-order valence-electron chi connectivity index (χ2n) is 10.1. The van der Waals surface area contributed by atoms with Crippen molar-refractivity contribution >= 4 is 66.8 Å². The number of nitrogens with one attached hydrogen (secondary N) is 4. The minimum Gasteiger partial charge on any atom is -0.480 e. The lowest BCUT2D eigenvalue weighted by atomic mass is 10.0. The van der Waals surface area contributed by atoms with Crippen molar-refractivity contribution in [2.45, 2.75) is 70.1 Å². The minimum atomic E-state index is -1.27. The summed E-state index contributed by atoms with van der Waals surface area (Å²) in [5, 5.41) is 19.7. The molecule has 4 atom stereocenters. The number of hydrogen-bond donors (Lipinski definition) is 9. The van der Waals surface area contributed by atoms with Gasteiger partial charge in [0.25, 0.3) is 0 Å². The Kier molecular flexibility index (Phi) is 22.0. The van der Waals surface area contributed by atoms with Gasteiger partial charge in [-0.25, -0.2) is 9.59 Å². The number of aldehydes is 1. The van der Waals surface area contributed by atoms with Gasteiger partial charge in [-0.3, -0.25) is 19.6 Å². The third-order valence-electron chi connectivity index (χ3n) is 6.16. The van der Waals surface area contributed by atoms with Crippen LogP contribution in [0, 0.1) is 5.92 Å². The number of carbonyl (C=O) groups is 5. The quantitative estimate of drug-likeness (QED) is 0.0377. The van der Waals surface area contributed by atoms with Gasteiger partial charge in [-0.15, -0.1) is 24.8 Å². The zero-order chi connectivity index (χ0) is 32.4. The molecular weight excluding hydrogens is 631 g/mol. The number of benzene rings is 1. The molecule has 0 saturated heterocycles. The number of amides is 4. The van der Waals surface area contributed by atoms with E-state index in [2.05, 4.69) is 31.3 Å². The molecule has 16 nitrogen and oxygen atoms in total. The van der Waals surface area contributed by atoms with Crippen LogP contribution in [0.3, 0.4) is 0 Å². The Morgan fingerprint density at radius 1 is 0.800 bits per heavy atom. The number of carboxylic acid groups (broad SMARTS) is 1. The summed E-state index contributed by atoms with van der Waals surface area (Å²) < 4.78 is 0. The molecule has 45 heavy (non-hydrogen) atoms. The molecular formula is C27H46Cl2N10O6. The smallest absolute Gasteiger partial charge is 0.326 e. The average Bonchev–Trinajstić information content (AvgIpc) is 2.94. The summed E-state index contributed by atoms with van der Waals surface area (Å²) in [6.45, 7) is 3.84. The van der Waals surface area contributed by atoms with Crippen molar-refractivity contribution < 1.29 is 29.1 Å². The zero-order valence-corrected chi connectivity index (χ0v) is 26.9. The van der Waals surface area contributed by atoms with Crippen LogP contribution < -0.4 is 44.2 Å². The molecule has 0 aliphatic rings. The Labute approximate surface area is 274 Å². The van der Waals surface area contributed by atoms with Gasteiger partial charge in [0.05, 0.1) is 6.04 Å². The fourth-order valence-corrected chi connectivity index (χ4v) is 3.94. The van der Waals surface area contributed by atoms with Gasteiger partial charge in [0, 0.05) is 19.5 Å². The fourth-order valence-electron chi connectivity index (χ4n) is 3.94. The number of carbonyl (C=O) groups excluding carboxylic acids is 4. The largest absolute Gasteiger partial charge is 0.480 e. The highest BCUT2D eigenvalue weighted by molar-refractivity contribution is 5.93. The summed E-state index contributed by atoms with van der Waals surface area (Å²) in [6.07, 6.45) is 1.65. The predicted molar refractivity (Wildman–Crippen MR) is 176 cm³/mol. The lowest BCUT2D eigenvalue weighted by molar-refractivity contribution is -0.139. The van der Waals surface area contributed by atoms with Crippen molar-refractivity contribution in [2.75, 3.05) is 13.1 Å². The van der Waals surface area contributed by atoms with E-state index < -0.39 is 53.9 Å². The molecule has 0 aromatic heterocycles. The summed E-state index contributed by atoms with van der Waals surface area (Å²) in [7, 11) is 0. The molecule has 254 valence electrons. The number of aliphatic carboxylic acids is 1. The molecule has 0 spiro atoms. The van der Waals surface area contributed by atoms with Crippen LogP contribution in [0.25, 0.3) is 0 Å². The van der Waals surface area contributed by atoms with E-state index in [9.17, 15) is 29.1 Å². The number of halogens is 2. The maximum Gasteiger partial charge on any atom is 0.326 e. The van der Waals surface area contributed by atoms with E-state index in [1.807, 2.05) is 0 Å². The third kappa shape index (κ3) is 18.2. The van der Waals surface area contributed by atoms with Gasteiger partial charge in [0.15, 0.2) is 11.9 Å². The number of urea groups is 1. The van der Waals surface area contributed by atoms with Crippen LogP contribution in [-0.2, 0) is 25.6 Å². The molecule has 0 aliphatic heterocycles. The standard InChI is InChI=1S/C27H44N10O6.2ClH/c1-16(2)21(23(40)34-18(15-38)10-6-12-32-25(28)29)37-22(39)19(11-7-13-33-26(30)31)35-27(43)36-20(24(41)42)14-17-8-4-3-5-9-17;;/h3-5,8-9,15-16,18-21H,6-7,10-14H2,1-2H3,(H,34,40)(H,37,39)(H,41,42)(H4,28,29,32)(H4,30,31,33)(H2,35,36,43);2*1H/t18?,19-,20?,21-;;/m1../s1. The van der Waals surface area contributed by atoms with Crippen LogP contribution >= 0.6 is 24.8 Å². The molecule has 0 fully saturated rings. The van der Waals surface area contributed by atoms with E-state index in [4.69, 9.17) is 22.9 Å². The number of nitrogens with zero attached hydrogens (tertiary/aromatic N) is 2. The Morgan fingerprint density at radius 2 is 1.33 bits per heavy atom. The molecule has 13 N–H and O–H groups in total. The Balaban J connectivity index is 0. The maximum atomic E-state index is 13.3. The first-order valence-electron chi connectivity index (χ1n) is 13.8. The normalized spacial score (nSPS) is 12.8. The lowest BCUT2D eigenvalue weighted by Crippen LogP contribution is -2.58. The monoisotopic (exact) mass is 676 g/mol. The Morgan fingerprint density at radius 3 is 1.82 bits per heavy atom. The minimum absolute atomic E-state index is 0. The van der Waals surface area contributed by atoms with Gasteiger partial charge in [-0.05, 0) is 37.2 Å². The first-order valence-corrected chi connectivity index (χ1v) is 13.8. The van der Waals surface area contributed by atoms with Crippen LogP contribution in [0.1, 0.15) is 45.1 Å². The second kappa shape index (κ2) is 23.1. The fraction of sp³-hybridized carbons (Fsp3) is 0.519. The summed E-state index contributed by atoms with van der Waals surface area (Å²) in [4.78, 5) is 70.3. The SMILES string of the molecule is CC(C)[C@@H](NC(=O)[C@@H](CCCN=C(N)N)NC(=O)NC(Cc1ccccc1)C(=O)O)C(=O)NC(C=O)CCCN=C(N)N.Cl.Cl. The summed E-state index contributed by atoms with van der Waals surface area (Å²) >= 11 is 0. The number of rotatable bonds is 19. The van der Waals surface area contributed by atoms with E-state index >= 15 is 0 Å². The summed E-state index contributed by atoms with van der Waals surface area (Å²) in [6, 6.07) is 3.51. The molecule has 2 unspecified atom stereocenters. The van der Waals surface area contributed by atoms with Crippen LogP contribution in [0.4, 0.5) is 4.79 Å². The number of nitrogens with two attached hydrogens (primary N) is 4. The van der Waals surface area contributed by atoms with Gasteiger partial charge >= 0.3 is 12.0 Å². The zero-order valence-electron chi connectivity index (χ0n) is 25.3. The molecule has 0 radical (unpaired) electrons. The van der Waals surface area contributed by atoms with Gasteiger partial charge < -0.3 is 54.1 Å². The van der Waals surface area contributed by atoms with Crippen LogP contribution in [0.15, 0.2) is 40.3 Å². The van der Waals surface area contributed by atoms with E-state index in [0.717, 1.165) is 0 Å². The lowest BCUT2D eigenvalue weighted by Gasteiger charge is -2.27. The molecule has 1 aromatic carbocycles. The number of carboxylic acids is 1. The van der Waals surface area contributed by atoms with Gasteiger partial charge in [-0.2, -0.15) is 0 Å². The van der Waals surface area contributed by atoms with Crippen molar-refractivity contribution in [3.63, 3.8) is 0 Å². The molecule has 4 amide bonds. The maximum absolute atomic E-state index is 13.3. The van der Waals surface area contributed by atoms with Crippen molar-refractivity contribution in [2.24, 2.45) is 38.8 Å². The number of hydrogen-bond acceptors (Lipinski definition) is 7. The topological polar surface area (TPSA) is 282 Å². The number of aliphatic imine (C=N–C) groups is 2. The van der Waals surface area contributed by atoms with Crippen LogP contribution in [-0.4, -0.2) is 84.4 Å². The van der Waals surface area contributed by atoms with E-state index in [1.54, 1.807) is 44.2 Å². The highest BCUT2D eigenvalue weighted by Gasteiger charge is 2.30. The highest BCUT2D eigenvalue weighted by Crippen LogP contribution is 2.08. The molecule has 0 bridgehead atoms. The van der Waals surface area contributed by atoms with Crippen LogP contribution in [0.2, 0.25) is 0 Å². The van der Waals surface area contributed by atoms with Crippen molar-refractivity contribution in [1.29, 1.82) is 0 Å². The van der Waals surface area contributed by atoms with Crippen molar-refractivity contribution in [1.82, 2.24) is 21.3 Å². The Hall–Kier alpha value is -4.31. The van der Waals surface area contributed by atoms with Gasteiger partial charge in [0.1, 0.15) is 24.4 Å². The van der Waals surface area contributed by atoms with Crippen molar-refractivity contribution in [3.8, 4) is 0 Å². The first-order chi connectivity index (χ1) is 20.3.